The number of benzene rings is 2. The smallest absolute Gasteiger partial charge is 0.406 e. The summed E-state index contributed by atoms with van der Waals surface area (Å²) in [7, 11) is 3.79. The molecule has 4 nitrogen and oxygen atoms in total. The van der Waals surface area contributed by atoms with E-state index in [0.717, 1.165) is 17.7 Å². The molecule has 0 radical (unpaired) electrons. The van der Waals surface area contributed by atoms with Crippen LogP contribution in [0.5, 0.6) is 5.75 Å². The molecule has 0 saturated carbocycles. The van der Waals surface area contributed by atoms with Gasteiger partial charge in [0.1, 0.15) is 5.75 Å². The van der Waals surface area contributed by atoms with Gasteiger partial charge in [0, 0.05) is 12.1 Å². The number of amides is 1. The number of carbonyl (C=O) groups is 1. The molecule has 25 heavy (non-hydrogen) atoms. The monoisotopic (exact) mass is 352 g/mol. The second kappa shape index (κ2) is 8.02. The molecule has 0 heterocycles. The highest BCUT2D eigenvalue weighted by Gasteiger charge is 2.31. The molecular formula is C18H19F3N2O2. The number of hydrogen-bond donors (Lipinski definition) is 1. The van der Waals surface area contributed by atoms with Crippen LogP contribution < -0.4 is 10.1 Å². The first kappa shape index (κ1) is 18.8. The Balaban J connectivity index is 2.10. The highest BCUT2D eigenvalue weighted by molar-refractivity contribution is 5.94. The molecule has 0 aliphatic carbocycles. The third-order valence-electron chi connectivity index (χ3n) is 3.41. The molecular weight excluding hydrogens is 333 g/mol. The lowest BCUT2D eigenvalue weighted by molar-refractivity contribution is -0.274. The molecule has 0 aliphatic heterocycles. The van der Waals surface area contributed by atoms with Crippen LogP contribution in [0.4, 0.5) is 13.2 Å². The first-order valence-electron chi connectivity index (χ1n) is 7.61. The van der Waals surface area contributed by atoms with Crippen molar-refractivity contribution < 1.29 is 22.7 Å². The van der Waals surface area contributed by atoms with Crippen molar-refractivity contribution in [1.82, 2.24) is 10.2 Å². The molecule has 2 aromatic rings. The number of nitrogens with zero attached hydrogens (tertiary/aromatic N) is 1. The third kappa shape index (κ3) is 6.11. The number of hydrogen-bond acceptors (Lipinski definition) is 3. The Hall–Kier alpha value is -2.54. The van der Waals surface area contributed by atoms with Crippen molar-refractivity contribution in [3.8, 4) is 5.75 Å². The fourth-order valence-corrected chi connectivity index (χ4v) is 2.33. The highest BCUT2D eigenvalue weighted by atomic mass is 19.4. The predicted octanol–water partition coefficient (Wildman–Crippen LogP) is 3.62. The molecule has 0 spiro atoms. The van der Waals surface area contributed by atoms with Gasteiger partial charge in [-0.1, -0.05) is 30.3 Å². The quantitative estimate of drug-likeness (QED) is 0.863. The topological polar surface area (TPSA) is 41.6 Å². The lowest BCUT2D eigenvalue weighted by atomic mass is 10.1. The van der Waals surface area contributed by atoms with E-state index in [0.29, 0.717) is 6.54 Å². The predicted molar refractivity (Wildman–Crippen MR) is 88.3 cm³/mol. The van der Waals surface area contributed by atoms with Crippen LogP contribution in [0.2, 0.25) is 0 Å². The lowest BCUT2D eigenvalue weighted by Gasteiger charge is -2.23. The molecule has 0 fully saturated rings. The van der Waals surface area contributed by atoms with E-state index in [-0.39, 0.29) is 23.3 Å². The third-order valence-corrected chi connectivity index (χ3v) is 3.41. The van der Waals surface area contributed by atoms with Crippen molar-refractivity contribution in [3.05, 3.63) is 65.7 Å². The minimum absolute atomic E-state index is 0.241. The van der Waals surface area contributed by atoms with E-state index in [1.807, 2.05) is 49.3 Å². The molecule has 1 N–H and O–H groups in total. The van der Waals surface area contributed by atoms with Crippen LogP contribution in [0.15, 0.2) is 54.6 Å². The van der Waals surface area contributed by atoms with Gasteiger partial charge >= 0.3 is 6.36 Å². The van der Waals surface area contributed by atoms with Crippen LogP contribution in [0.25, 0.3) is 0 Å². The second-order valence-corrected chi connectivity index (χ2v) is 5.77. The number of rotatable bonds is 6. The summed E-state index contributed by atoms with van der Waals surface area (Å²) in [6, 6.07) is 14.1. The molecule has 7 heteroatoms. The highest BCUT2D eigenvalue weighted by Crippen LogP contribution is 2.23. The molecule has 2 rings (SSSR count). The zero-order valence-electron chi connectivity index (χ0n) is 13.9. The van der Waals surface area contributed by atoms with Crippen LogP contribution in [0.3, 0.4) is 0 Å². The summed E-state index contributed by atoms with van der Waals surface area (Å²) in [6.07, 6.45) is -4.76. The van der Waals surface area contributed by atoms with E-state index < -0.39 is 6.36 Å². The van der Waals surface area contributed by atoms with Crippen LogP contribution >= 0.6 is 0 Å². The van der Waals surface area contributed by atoms with Crippen molar-refractivity contribution >= 4 is 5.91 Å². The van der Waals surface area contributed by atoms with Gasteiger partial charge in [-0.3, -0.25) is 4.79 Å². The first-order chi connectivity index (χ1) is 11.7. The Bertz CT molecular complexity index is 686. The van der Waals surface area contributed by atoms with E-state index in [1.165, 1.54) is 12.1 Å². The van der Waals surface area contributed by atoms with Gasteiger partial charge in [-0.15, -0.1) is 13.2 Å². The second-order valence-electron chi connectivity index (χ2n) is 5.77. The Morgan fingerprint density at radius 2 is 1.68 bits per heavy atom. The average molecular weight is 352 g/mol. The van der Waals surface area contributed by atoms with Gasteiger partial charge in [0.2, 0.25) is 0 Å². The summed E-state index contributed by atoms with van der Waals surface area (Å²) in [5.74, 6) is -0.730. The average Bonchev–Trinajstić information content (AvgIpc) is 2.54. The van der Waals surface area contributed by atoms with E-state index in [4.69, 9.17) is 0 Å². The van der Waals surface area contributed by atoms with Gasteiger partial charge in [0.15, 0.2) is 0 Å². The van der Waals surface area contributed by atoms with E-state index >= 15 is 0 Å². The molecule has 0 bridgehead atoms. The zero-order valence-corrected chi connectivity index (χ0v) is 13.9. The molecule has 2 aromatic carbocycles. The molecule has 0 aliphatic rings. The standard InChI is InChI=1S/C18H19F3N2O2/c1-23(2)12-16(13-6-4-3-5-7-13)22-17(24)14-8-10-15(11-9-14)25-18(19,20)21/h3-11,16H,12H2,1-2H3,(H,22,24). The van der Waals surface area contributed by atoms with Gasteiger partial charge in [0.05, 0.1) is 6.04 Å². The largest absolute Gasteiger partial charge is 0.573 e. The van der Waals surface area contributed by atoms with Crippen molar-refractivity contribution in [1.29, 1.82) is 0 Å². The summed E-state index contributed by atoms with van der Waals surface area (Å²) in [5, 5.41) is 2.91. The summed E-state index contributed by atoms with van der Waals surface area (Å²) in [6.45, 7) is 0.588. The van der Waals surface area contributed by atoms with Gasteiger partial charge in [-0.25, -0.2) is 0 Å². The molecule has 1 atom stereocenters. The van der Waals surface area contributed by atoms with Crippen LogP contribution in [0, 0.1) is 0 Å². The Morgan fingerprint density at radius 1 is 1.08 bits per heavy atom. The Morgan fingerprint density at radius 3 is 2.20 bits per heavy atom. The summed E-state index contributed by atoms with van der Waals surface area (Å²) in [5.41, 5.74) is 1.20. The van der Waals surface area contributed by atoms with Crippen molar-refractivity contribution in [2.75, 3.05) is 20.6 Å². The number of halogens is 3. The normalized spacial score (nSPS) is 12.7. The first-order valence-corrected chi connectivity index (χ1v) is 7.61. The minimum Gasteiger partial charge on any atom is -0.406 e. The molecule has 134 valence electrons. The minimum atomic E-state index is -4.76. The summed E-state index contributed by atoms with van der Waals surface area (Å²) in [4.78, 5) is 14.4. The zero-order chi connectivity index (χ0) is 18.4. The summed E-state index contributed by atoms with van der Waals surface area (Å²) < 4.78 is 40.3. The van der Waals surface area contributed by atoms with Gasteiger partial charge in [0.25, 0.3) is 5.91 Å². The number of alkyl halides is 3. The van der Waals surface area contributed by atoms with E-state index in [1.54, 1.807) is 0 Å². The van der Waals surface area contributed by atoms with Crippen molar-refractivity contribution in [3.63, 3.8) is 0 Å². The van der Waals surface area contributed by atoms with E-state index in [2.05, 4.69) is 10.1 Å². The number of carbonyl (C=O) groups excluding carboxylic acids is 1. The molecule has 0 saturated heterocycles. The van der Waals surface area contributed by atoms with Crippen LogP contribution in [-0.2, 0) is 0 Å². The Labute approximate surface area is 144 Å². The number of nitrogens with one attached hydrogen (secondary N) is 1. The SMILES string of the molecule is CN(C)CC(NC(=O)c1ccc(OC(F)(F)F)cc1)c1ccccc1. The lowest BCUT2D eigenvalue weighted by Crippen LogP contribution is -2.35. The maximum absolute atomic E-state index is 12.4. The fourth-order valence-electron chi connectivity index (χ4n) is 2.33. The van der Waals surface area contributed by atoms with Crippen LogP contribution in [0.1, 0.15) is 22.0 Å². The Kier molecular flexibility index (Phi) is 6.03. The van der Waals surface area contributed by atoms with Crippen LogP contribution in [-0.4, -0.2) is 37.8 Å². The van der Waals surface area contributed by atoms with Gasteiger partial charge in [-0.2, -0.15) is 0 Å². The van der Waals surface area contributed by atoms with Crippen molar-refractivity contribution in [2.24, 2.45) is 0 Å². The maximum atomic E-state index is 12.4. The molecule has 1 amide bonds. The van der Waals surface area contributed by atoms with Gasteiger partial charge < -0.3 is 15.0 Å². The number of likely N-dealkylation sites (N-methyl/N-ethyl adjacent to an activating group) is 1. The molecule has 0 aromatic heterocycles. The number of ether oxygens (including phenoxy) is 1. The molecule has 1 unspecified atom stereocenters. The van der Waals surface area contributed by atoms with Crippen molar-refractivity contribution in [2.45, 2.75) is 12.4 Å². The fraction of sp³-hybridized carbons (Fsp3) is 0.278. The summed E-state index contributed by atoms with van der Waals surface area (Å²) >= 11 is 0. The van der Waals surface area contributed by atoms with E-state index in [9.17, 15) is 18.0 Å². The maximum Gasteiger partial charge on any atom is 0.573 e. The van der Waals surface area contributed by atoms with Gasteiger partial charge in [-0.05, 0) is 43.9 Å².